The molecule has 0 radical (unpaired) electrons. The van der Waals surface area contributed by atoms with E-state index in [-0.39, 0.29) is 5.75 Å². The maximum Gasteiger partial charge on any atom is 0.174 e. The monoisotopic (exact) mass is 160 g/mol. The number of rotatable bonds is 3. The van der Waals surface area contributed by atoms with Crippen LogP contribution in [0.25, 0.3) is 0 Å². The van der Waals surface area contributed by atoms with Gasteiger partial charge in [0.1, 0.15) is 0 Å². The van der Waals surface area contributed by atoms with Crippen LogP contribution in [-0.2, 0) is 9.84 Å². The molecule has 0 spiro atoms. The molecule has 0 aromatic rings. The third-order valence-corrected chi connectivity index (χ3v) is 1.81. The molecule has 2 nitrogen and oxygen atoms in total. The molecule has 0 aliphatic carbocycles. The van der Waals surface area contributed by atoms with Crippen molar-refractivity contribution in [2.45, 2.75) is 0 Å². The topological polar surface area (TPSA) is 34.1 Å². The summed E-state index contributed by atoms with van der Waals surface area (Å²) in [7, 11) is -3.02. The zero-order valence-corrected chi connectivity index (χ0v) is 6.73. The second-order valence-corrected chi connectivity index (χ2v) is 3.28. The third-order valence-electron chi connectivity index (χ3n) is 0.604. The van der Waals surface area contributed by atoms with E-state index in [1.165, 1.54) is 6.08 Å². The maximum atomic E-state index is 10.4. The van der Waals surface area contributed by atoms with E-state index in [2.05, 4.69) is 26.3 Å². The van der Waals surface area contributed by atoms with Crippen molar-refractivity contribution < 1.29 is 8.42 Å². The van der Waals surface area contributed by atoms with E-state index in [0.717, 1.165) is 5.41 Å². The number of hydrogen-bond acceptors (Lipinski definition) is 2. The first-order chi connectivity index (χ1) is 4.62. The molecule has 0 amide bonds. The Kier molecular flexibility index (Phi) is 7.49. The van der Waals surface area contributed by atoms with Gasteiger partial charge in [-0.1, -0.05) is 12.7 Å². The zero-order chi connectivity index (χ0) is 8.62. The summed E-state index contributed by atoms with van der Waals surface area (Å²) in [4.78, 5) is 0. The standard InChI is InChI=1S/C5H8O2S.C2H4/c1-3-5-8(6,7)4-2;1-2/h3-4H,1-2,5H2;1-2H2. The van der Waals surface area contributed by atoms with E-state index in [1.807, 2.05) is 0 Å². The molecule has 0 N–H and O–H groups in total. The Balaban J connectivity index is 0. The summed E-state index contributed by atoms with van der Waals surface area (Å²) < 4.78 is 20.8. The smallest absolute Gasteiger partial charge is 0.174 e. The minimum absolute atomic E-state index is 0.0174. The average Bonchev–Trinajstić information content (AvgIpc) is 1.93. The van der Waals surface area contributed by atoms with Crippen LogP contribution in [0.15, 0.2) is 37.8 Å². The molecule has 58 valence electrons. The number of hydrogen-bond donors (Lipinski definition) is 0. The van der Waals surface area contributed by atoms with Crippen LogP contribution in [0.4, 0.5) is 0 Å². The predicted octanol–water partition coefficient (Wildman–Crippen LogP) is 1.53. The molecule has 0 aliphatic heterocycles. The Morgan fingerprint density at radius 3 is 1.70 bits per heavy atom. The minimum atomic E-state index is -3.02. The van der Waals surface area contributed by atoms with Crippen molar-refractivity contribution in [2.24, 2.45) is 0 Å². The van der Waals surface area contributed by atoms with Crippen molar-refractivity contribution in [1.29, 1.82) is 0 Å². The number of sulfone groups is 1. The molecule has 0 unspecified atom stereocenters. The normalized spacial score (nSPS) is 8.80. The lowest BCUT2D eigenvalue weighted by molar-refractivity contribution is 0.607. The highest BCUT2D eigenvalue weighted by Crippen LogP contribution is 1.88. The highest BCUT2D eigenvalue weighted by Gasteiger charge is 1.97. The van der Waals surface area contributed by atoms with Crippen LogP contribution in [0.5, 0.6) is 0 Å². The molecule has 0 rings (SSSR count). The summed E-state index contributed by atoms with van der Waals surface area (Å²) in [6, 6.07) is 0. The molecule has 10 heavy (non-hydrogen) atoms. The summed E-state index contributed by atoms with van der Waals surface area (Å²) in [5.41, 5.74) is 0. The largest absolute Gasteiger partial charge is 0.224 e. The molecule has 0 bridgehead atoms. The molecule has 0 atom stereocenters. The van der Waals surface area contributed by atoms with Crippen LogP contribution in [0.2, 0.25) is 0 Å². The Labute approximate surface area is 62.5 Å². The van der Waals surface area contributed by atoms with Gasteiger partial charge in [0.15, 0.2) is 9.84 Å². The van der Waals surface area contributed by atoms with Crippen LogP contribution >= 0.6 is 0 Å². The summed E-state index contributed by atoms with van der Waals surface area (Å²) in [5, 5.41) is 0.925. The van der Waals surface area contributed by atoms with Crippen molar-refractivity contribution in [3.05, 3.63) is 37.8 Å². The summed E-state index contributed by atoms with van der Waals surface area (Å²) in [6.45, 7) is 12.4. The van der Waals surface area contributed by atoms with Gasteiger partial charge in [0, 0.05) is 5.41 Å². The second kappa shape index (κ2) is 6.29. The summed E-state index contributed by atoms with van der Waals surface area (Å²) >= 11 is 0. The predicted molar refractivity (Wildman–Crippen MR) is 45.4 cm³/mol. The highest BCUT2D eigenvalue weighted by molar-refractivity contribution is 7.94. The molecule has 0 heterocycles. The van der Waals surface area contributed by atoms with Crippen LogP contribution < -0.4 is 0 Å². The molecule has 0 aromatic heterocycles. The van der Waals surface area contributed by atoms with E-state index in [0.29, 0.717) is 0 Å². The van der Waals surface area contributed by atoms with Crippen molar-refractivity contribution in [3.8, 4) is 0 Å². The Bertz CT molecular complexity index is 190. The first-order valence-electron chi connectivity index (χ1n) is 2.58. The van der Waals surface area contributed by atoms with Crippen LogP contribution in [0, 0.1) is 0 Å². The van der Waals surface area contributed by atoms with E-state index in [4.69, 9.17) is 0 Å². The van der Waals surface area contributed by atoms with Crippen LogP contribution in [-0.4, -0.2) is 14.2 Å². The van der Waals surface area contributed by atoms with Crippen molar-refractivity contribution in [1.82, 2.24) is 0 Å². The third kappa shape index (κ3) is 7.17. The Hall–Kier alpha value is -0.830. The maximum absolute atomic E-state index is 10.4. The average molecular weight is 160 g/mol. The van der Waals surface area contributed by atoms with Gasteiger partial charge in [-0.2, -0.15) is 0 Å². The highest BCUT2D eigenvalue weighted by atomic mass is 32.2. The first-order valence-corrected chi connectivity index (χ1v) is 4.30. The lowest BCUT2D eigenvalue weighted by Crippen LogP contribution is -1.96. The molecular weight excluding hydrogens is 148 g/mol. The van der Waals surface area contributed by atoms with Crippen LogP contribution in [0.3, 0.4) is 0 Å². The lowest BCUT2D eigenvalue weighted by Gasteiger charge is -1.86. The molecule has 3 heteroatoms. The van der Waals surface area contributed by atoms with Gasteiger partial charge in [-0.3, -0.25) is 0 Å². The Morgan fingerprint density at radius 2 is 1.60 bits per heavy atom. The minimum Gasteiger partial charge on any atom is -0.224 e. The second-order valence-electron chi connectivity index (χ2n) is 1.28. The fourth-order valence-corrected chi connectivity index (χ4v) is 0.697. The molecule has 0 fully saturated rings. The van der Waals surface area contributed by atoms with Gasteiger partial charge >= 0.3 is 0 Å². The molecule has 0 saturated carbocycles. The fraction of sp³-hybridized carbons (Fsp3) is 0.143. The molecule has 0 saturated heterocycles. The van der Waals surface area contributed by atoms with E-state index in [1.54, 1.807) is 0 Å². The van der Waals surface area contributed by atoms with Gasteiger partial charge in [0.2, 0.25) is 0 Å². The summed E-state index contributed by atoms with van der Waals surface area (Å²) in [6.07, 6.45) is 1.33. The fourth-order valence-electron chi connectivity index (χ4n) is 0.232. The van der Waals surface area contributed by atoms with E-state index >= 15 is 0 Å². The SMILES string of the molecule is C=C.C=CCS(=O)(=O)C=C. The first kappa shape index (κ1) is 11.9. The van der Waals surface area contributed by atoms with Crippen molar-refractivity contribution >= 4 is 9.84 Å². The summed E-state index contributed by atoms with van der Waals surface area (Å²) in [5.74, 6) is -0.0174. The van der Waals surface area contributed by atoms with E-state index in [9.17, 15) is 8.42 Å². The molecule has 0 aliphatic rings. The van der Waals surface area contributed by atoms with Gasteiger partial charge in [0.25, 0.3) is 0 Å². The molecular formula is C7H12O2S. The van der Waals surface area contributed by atoms with E-state index < -0.39 is 9.84 Å². The van der Waals surface area contributed by atoms with Gasteiger partial charge in [-0.25, -0.2) is 8.42 Å². The van der Waals surface area contributed by atoms with Gasteiger partial charge in [0.05, 0.1) is 5.75 Å². The molecule has 0 aromatic carbocycles. The van der Waals surface area contributed by atoms with Crippen LogP contribution in [0.1, 0.15) is 0 Å². The lowest BCUT2D eigenvalue weighted by atomic mass is 10.8. The Morgan fingerprint density at radius 1 is 1.20 bits per heavy atom. The van der Waals surface area contributed by atoms with Gasteiger partial charge in [-0.05, 0) is 0 Å². The zero-order valence-electron chi connectivity index (χ0n) is 5.91. The van der Waals surface area contributed by atoms with Gasteiger partial charge < -0.3 is 0 Å². The quantitative estimate of drug-likeness (QED) is 0.587. The van der Waals surface area contributed by atoms with Gasteiger partial charge in [-0.15, -0.1) is 19.7 Å². The van der Waals surface area contributed by atoms with Crippen molar-refractivity contribution in [3.63, 3.8) is 0 Å². The van der Waals surface area contributed by atoms with Crippen molar-refractivity contribution in [2.75, 3.05) is 5.75 Å².